The first-order chi connectivity index (χ1) is 9.49. The zero-order valence-electron chi connectivity index (χ0n) is 11.8. The second-order valence-electron chi connectivity index (χ2n) is 5.33. The lowest BCUT2D eigenvalue weighted by atomic mass is 9.93. The largest absolute Gasteiger partial charge is 0.409 e. The average molecular weight is 281 g/mol. The number of halogens is 1. The molecule has 0 aromatic heterocycles. The van der Waals surface area contributed by atoms with E-state index in [0.29, 0.717) is 12.1 Å². The first-order valence-electron chi connectivity index (χ1n) is 6.56. The molecule has 1 atom stereocenters. The van der Waals surface area contributed by atoms with E-state index in [2.05, 4.69) is 10.1 Å². The van der Waals surface area contributed by atoms with Gasteiger partial charge < -0.3 is 20.6 Å². The quantitative estimate of drug-likeness (QED) is 0.384. The smallest absolute Gasteiger partial charge is 0.172 e. The van der Waals surface area contributed by atoms with E-state index in [4.69, 9.17) is 15.7 Å². The summed E-state index contributed by atoms with van der Waals surface area (Å²) in [6.07, 6.45) is 1.94. The topological polar surface area (TPSA) is 71.1 Å². The molecule has 1 aliphatic rings. The Morgan fingerprint density at radius 1 is 1.55 bits per heavy atom. The Bertz CT molecular complexity index is 521. The highest BCUT2D eigenvalue weighted by Gasteiger charge is 2.32. The van der Waals surface area contributed by atoms with Gasteiger partial charge in [0.1, 0.15) is 5.82 Å². The van der Waals surface area contributed by atoms with Crippen LogP contribution in [0, 0.1) is 5.82 Å². The number of hydrogen-bond donors (Lipinski definition) is 2. The van der Waals surface area contributed by atoms with Gasteiger partial charge in [0.05, 0.1) is 5.60 Å². The molecule has 1 unspecified atom stereocenters. The number of oxime groups is 1. The van der Waals surface area contributed by atoms with Gasteiger partial charge in [0.25, 0.3) is 0 Å². The molecular weight excluding hydrogens is 261 g/mol. The van der Waals surface area contributed by atoms with E-state index in [9.17, 15) is 4.39 Å². The highest BCUT2D eigenvalue weighted by atomic mass is 19.1. The average Bonchev–Trinajstić information content (AvgIpc) is 2.46. The van der Waals surface area contributed by atoms with Crippen molar-refractivity contribution >= 4 is 11.5 Å². The summed E-state index contributed by atoms with van der Waals surface area (Å²) in [5.41, 5.74) is 6.56. The minimum atomic E-state index is -0.415. The number of anilines is 1. The van der Waals surface area contributed by atoms with Crippen molar-refractivity contribution in [2.45, 2.75) is 25.4 Å². The van der Waals surface area contributed by atoms with Gasteiger partial charge in [-0.1, -0.05) is 5.16 Å². The molecule has 0 aliphatic carbocycles. The molecular formula is C14H20FN3O2. The van der Waals surface area contributed by atoms with Crippen LogP contribution >= 0.6 is 0 Å². The lowest BCUT2D eigenvalue weighted by molar-refractivity contribution is -0.00466. The Balaban J connectivity index is 2.37. The summed E-state index contributed by atoms with van der Waals surface area (Å²) in [6, 6.07) is 4.31. The highest BCUT2D eigenvalue weighted by molar-refractivity contribution is 6.02. The Hall–Kier alpha value is -1.82. The molecule has 1 aliphatic heterocycles. The van der Waals surface area contributed by atoms with Gasteiger partial charge in [0.2, 0.25) is 0 Å². The molecule has 1 aromatic rings. The summed E-state index contributed by atoms with van der Waals surface area (Å²) in [5.74, 6) is -0.508. The molecule has 0 saturated carbocycles. The van der Waals surface area contributed by atoms with Crippen LogP contribution in [0.5, 0.6) is 0 Å². The van der Waals surface area contributed by atoms with E-state index in [1.165, 1.54) is 12.1 Å². The number of amidine groups is 1. The molecule has 3 N–H and O–H groups in total. The van der Waals surface area contributed by atoms with E-state index < -0.39 is 5.82 Å². The SMILES string of the molecule is COC1(C)CCCN(c2ccc(F)cc2/C(N)=N/O)C1. The van der Waals surface area contributed by atoms with E-state index in [0.717, 1.165) is 25.1 Å². The third-order valence-electron chi connectivity index (χ3n) is 3.83. The van der Waals surface area contributed by atoms with Crippen molar-refractivity contribution in [1.29, 1.82) is 0 Å². The van der Waals surface area contributed by atoms with E-state index in [-0.39, 0.29) is 11.4 Å². The number of nitrogens with two attached hydrogens (primary N) is 1. The van der Waals surface area contributed by atoms with Crippen molar-refractivity contribution < 1.29 is 14.3 Å². The van der Waals surface area contributed by atoms with Crippen LogP contribution in [0.3, 0.4) is 0 Å². The molecule has 1 heterocycles. The Labute approximate surface area is 117 Å². The lowest BCUT2D eigenvalue weighted by Gasteiger charge is -2.41. The highest BCUT2D eigenvalue weighted by Crippen LogP contribution is 2.30. The first kappa shape index (κ1) is 14.6. The summed E-state index contributed by atoms with van der Waals surface area (Å²) in [7, 11) is 1.69. The van der Waals surface area contributed by atoms with Gasteiger partial charge in [-0.2, -0.15) is 0 Å². The van der Waals surface area contributed by atoms with Gasteiger partial charge in [0, 0.05) is 31.5 Å². The summed E-state index contributed by atoms with van der Waals surface area (Å²) in [4.78, 5) is 2.08. The predicted octanol–water partition coefficient (Wildman–Crippen LogP) is 1.93. The Kier molecular flexibility index (Phi) is 4.13. The number of rotatable bonds is 3. The second kappa shape index (κ2) is 5.66. The molecule has 1 saturated heterocycles. The molecule has 0 bridgehead atoms. The van der Waals surface area contributed by atoms with Crippen LogP contribution in [-0.4, -0.2) is 36.8 Å². The Morgan fingerprint density at radius 2 is 2.30 bits per heavy atom. The van der Waals surface area contributed by atoms with Crippen molar-refractivity contribution in [2.75, 3.05) is 25.1 Å². The maximum Gasteiger partial charge on any atom is 0.172 e. The van der Waals surface area contributed by atoms with Gasteiger partial charge in [-0.05, 0) is 38.0 Å². The molecule has 110 valence electrons. The Morgan fingerprint density at radius 3 is 2.95 bits per heavy atom. The van der Waals surface area contributed by atoms with Crippen LogP contribution in [0.2, 0.25) is 0 Å². The summed E-state index contributed by atoms with van der Waals surface area (Å²) in [6.45, 7) is 3.56. The molecule has 0 spiro atoms. The van der Waals surface area contributed by atoms with Crippen molar-refractivity contribution in [3.05, 3.63) is 29.6 Å². The standard InChI is InChI=1S/C14H20FN3O2/c1-14(20-2)6-3-7-18(9-14)12-5-4-10(15)8-11(12)13(16)17-19/h4-5,8,19H,3,6-7,9H2,1-2H3,(H2,16,17). The van der Waals surface area contributed by atoms with Crippen LogP contribution in [0.25, 0.3) is 0 Å². The van der Waals surface area contributed by atoms with E-state index in [1.54, 1.807) is 13.2 Å². The molecule has 20 heavy (non-hydrogen) atoms. The fraction of sp³-hybridized carbons (Fsp3) is 0.500. The molecule has 1 fully saturated rings. The molecule has 1 aromatic carbocycles. The predicted molar refractivity (Wildman–Crippen MR) is 75.8 cm³/mol. The summed E-state index contributed by atoms with van der Waals surface area (Å²) in [5, 5.41) is 11.8. The fourth-order valence-electron chi connectivity index (χ4n) is 2.62. The summed E-state index contributed by atoms with van der Waals surface area (Å²) < 4.78 is 18.9. The van der Waals surface area contributed by atoms with Crippen LogP contribution in [-0.2, 0) is 4.74 Å². The zero-order valence-corrected chi connectivity index (χ0v) is 11.8. The minimum Gasteiger partial charge on any atom is -0.409 e. The number of hydrogen-bond acceptors (Lipinski definition) is 4. The van der Waals surface area contributed by atoms with Crippen molar-refractivity contribution in [1.82, 2.24) is 0 Å². The van der Waals surface area contributed by atoms with Crippen LogP contribution < -0.4 is 10.6 Å². The van der Waals surface area contributed by atoms with Crippen molar-refractivity contribution in [2.24, 2.45) is 10.9 Å². The third kappa shape index (κ3) is 2.85. The maximum absolute atomic E-state index is 13.4. The molecule has 5 nitrogen and oxygen atoms in total. The van der Waals surface area contributed by atoms with Crippen molar-refractivity contribution in [3.63, 3.8) is 0 Å². The van der Waals surface area contributed by atoms with Gasteiger partial charge in [-0.25, -0.2) is 4.39 Å². The zero-order chi connectivity index (χ0) is 14.8. The number of nitrogens with zero attached hydrogens (tertiary/aromatic N) is 2. The van der Waals surface area contributed by atoms with Crippen LogP contribution in [0.1, 0.15) is 25.3 Å². The summed E-state index contributed by atoms with van der Waals surface area (Å²) >= 11 is 0. The van der Waals surface area contributed by atoms with Gasteiger partial charge in [0.15, 0.2) is 5.84 Å². The second-order valence-corrected chi connectivity index (χ2v) is 5.33. The third-order valence-corrected chi connectivity index (χ3v) is 3.83. The number of ether oxygens (including phenoxy) is 1. The molecule has 0 radical (unpaired) electrons. The van der Waals surface area contributed by atoms with Gasteiger partial charge in [-0.3, -0.25) is 0 Å². The van der Waals surface area contributed by atoms with Crippen LogP contribution in [0.4, 0.5) is 10.1 Å². The monoisotopic (exact) mass is 281 g/mol. The number of benzene rings is 1. The van der Waals surface area contributed by atoms with Gasteiger partial charge >= 0.3 is 0 Å². The minimum absolute atomic E-state index is 0.0933. The van der Waals surface area contributed by atoms with Crippen LogP contribution in [0.15, 0.2) is 23.4 Å². The fourth-order valence-corrected chi connectivity index (χ4v) is 2.62. The van der Waals surface area contributed by atoms with Gasteiger partial charge in [-0.15, -0.1) is 0 Å². The number of piperidine rings is 1. The normalized spacial score (nSPS) is 23.9. The van der Waals surface area contributed by atoms with Crippen molar-refractivity contribution in [3.8, 4) is 0 Å². The molecule has 0 amide bonds. The van der Waals surface area contributed by atoms with E-state index >= 15 is 0 Å². The lowest BCUT2D eigenvalue weighted by Crippen LogP contribution is -2.48. The van der Waals surface area contributed by atoms with E-state index in [1.807, 2.05) is 6.92 Å². The number of methoxy groups -OCH3 is 1. The first-order valence-corrected chi connectivity index (χ1v) is 6.56. The molecule has 6 heteroatoms. The molecule has 2 rings (SSSR count). The maximum atomic E-state index is 13.4.